The highest BCUT2D eigenvalue weighted by Gasteiger charge is 2.33. The number of benzene rings is 2. The number of sulfonamides is 1. The van der Waals surface area contributed by atoms with E-state index in [9.17, 15) is 18.0 Å². The smallest absolute Gasteiger partial charge is 0.244 e. The molecule has 9 heteroatoms. The van der Waals surface area contributed by atoms with Gasteiger partial charge in [0.15, 0.2) is 0 Å². The molecule has 1 atom stereocenters. The number of nitrogens with zero attached hydrogens (tertiary/aromatic N) is 2. The van der Waals surface area contributed by atoms with Gasteiger partial charge in [-0.1, -0.05) is 42.8 Å². The zero-order chi connectivity index (χ0) is 27.3. The lowest BCUT2D eigenvalue weighted by Gasteiger charge is -2.34. The number of nitrogens with one attached hydrogen (secondary N) is 1. The second kappa shape index (κ2) is 11.8. The molecule has 198 valence electrons. The maximum absolute atomic E-state index is 13.8. The van der Waals surface area contributed by atoms with Crippen LogP contribution in [0.4, 0.5) is 5.69 Å². The number of carbonyl (C=O) groups excluding carboxylic acids is 2. The summed E-state index contributed by atoms with van der Waals surface area (Å²) in [6.45, 7) is 10.9. The fraction of sp³-hybridized carbons (Fsp3) is 0.481. The van der Waals surface area contributed by atoms with E-state index in [1.54, 1.807) is 18.2 Å². The van der Waals surface area contributed by atoms with Gasteiger partial charge in [0.25, 0.3) is 0 Å². The van der Waals surface area contributed by atoms with E-state index in [-0.39, 0.29) is 18.1 Å². The Morgan fingerprint density at radius 1 is 1.06 bits per heavy atom. The van der Waals surface area contributed by atoms with Crippen LogP contribution in [0.5, 0.6) is 5.75 Å². The van der Waals surface area contributed by atoms with Crippen molar-refractivity contribution in [2.75, 3.05) is 24.2 Å². The van der Waals surface area contributed by atoms with Gasteiger partial charge in [-0.3, -0.25) is 13.9 Å². The average Bonchev–Trinajstić information content (AvgIpc) is 2.75. The first kappa shape index (κ1) is 29.2. The lowest BCUT2D eigenvalue weighted by Crippen LogP contribution is -2.55. The second-order valence-electron chi connectivity index (χ2n) is 10.1. The summed E-state index contributed by atoms with van der Waals surface area (Å²) < 4.78 is 32.1. The van der Waals surface area contributed by atoms with E-state index in [0.717, 1.165) is 27.3 Å². The topological polar surface area (TPSA) is 96.0 Å². The molecule has 1 N–H and O–H groups in total. The lowest BCUT2D eigenvalue weighted by atomic mass is 10.0. The third-order valence-corrected chi connectivity index (χ3v) is 6.73. The Kier molecular flexibility index (Phi) is 9.54. The maximum atomic E-state index is 13.8. The predicted octanol–water partition coefficient (Wildman–Crippen LogP) is 3.80. The molecular formula is C27H39N3O5S. The molecule has 0 spiro atoms. The van der Waals surface area contributed by atoms with E-state index >= 15 is 0 Å². The fourth-order valence-electron chi connectivity index (χ4n) is 3.97. The van der Waals surface area contributed by atoms with Gasteiger partial charge in [-0.15, -0.1) is 0 Å². The summed E-state index contributed by atoms with van der Waals surface area (Å²) in [4.78, 5) is 28.5. The molecule has 0 aliphatic rings. The minimum atomic E-state index is -3.85. The third kappa shape index (κ3) is 7.98. The van der Waals surface area contributed by atoms with E-state index in [0.29, 0.717) is 12.2 Å². The quantitative estimate of drug-likeness (QED) is 0.517. The zero-order valence-corrected chi connectivity index (χ0v) is 23.4. The van der Waals surface area contributed by atoms with Crippen LogP contribution in [0.25, 0.3) is 0 Å². The first-order chi connectivity index (χ1) is 16.7. The number of amides is 2. The van der Waals surface area contributed by atoms with E-state index in [1.165, 1.54) is 12.0 Å². The molecule has 0 bridgehead atoms. The summed E-state index contributed by atoms with van der Waals surface area (Å²) in [6.07, 6.45) is 1.42. The molecule has 0 saturated carbocycles. The number of anilines is 1. The van der Waals surface area contributed by atoms with Crippen LogP contribution < -0.4 is 14.4 Å². The van der Waals surface area contributed by atoms with Gasteiger partial charge in [0.1, 0.15) is 18.3 Å². The summed E-state index contributed by atoms with van der Waals surface area (Å²) in [5.74, 6) is -0.437. The molecule has 1 unspecified atom stereocenters. The Bertz CT molecular complexity index is 1190. The molecule has 0 aromatic heterocycles. The van der Waals surface area contributed by atoms with Crippen LogP contribution in [0.15, 0.2) is 42.5 Å². The number of hydrogen-bond donors (Lipinski definition) is 1. The number of hydrogen-bond acceptors (Lipinski definition) is 5. The lowest BCUT2D eigenvalue weighted by molar-refractivity contribution is -0.141. The third-order valence-electron chi connectivity index (χ3n) is 5.60. The van der Waals surface area contributed by atoms with E-state index in [1.807, 2.05) is 65.8 Å². The highest BCUT2D eigenvalue weighted by Crippen LogP contribution is 2.31. The van der Waals surface area contributed by atoms with Crippen LogP contribution in [0.3, 0.4) is 0 Å². The van der Waals surface area contributed by atoms with E-state index in [4.69, 9.17) is 4.74 Å². The van der Waals surface area contributed by atoms with Gasteiger partial charge in [-0.05, 0) is 64.3 Å². The minimum Gasteiger partial charge on any atom is -0.495 e. The Labute approximate surface area is 215 Å². The maximum Gasteiger partial charge on any atom is 0.244 e. The molecule has 2 rings (SSSR count). The van der Waals surface area contributed by atoms with Crippen LogP contribution in [0, 0.1) is 13.8 Å². The predicted molar refractivity (Wildman–Crippen MR) is 144 cm³/mol. The molecule has 36 heavy (non-hydrogen) atoms. The Hall–Kier alpha value is -3.07. The van der Waals surface area contributed by atoms with Gasteiger partial charge >= 0.3 is 0 Å². The van der Waals surface area contributed by atoms with E-state index in [2.05, 4.69) is 5.32 Å². The summed E-state index contributed by atoms with van der Waals surface area (Å²) in [5, 5.41) is 2.96. The van der Waals surface area contributed by atoms with Crippen LogP contribution in [0.1, 0.15) is 50.8 Å². The Morgan fingerprint density at radius 2 is 1.69 bits per heavy atom. The van der Waals surface area contributed by atoms with Gasteiger partial charge in [-0.25, -0.2) is 8.42 Å². The Balaban J connectivity index is 2.53. The monoisotopic (exact) mass is 517 g/mol. The molecular weight excluding hydrogens is 478 g/mol. The Morgan fingerprint density at radius 3 is 2.22 bits per heavy atom. The molecule has 2 aromatic carbocycles. The summed E-state index contributed by atoms with van der Waals surface area (Å²) in [6, 6.07) is 12.0. The SMILES string of the molecule is CCC(C(=O)NC(C)(C)C)N(Cc1cccc(C)c1)C(=O)CN(c1cc(C)ccc1OC)S(C)(=O)=O. The number of ether oxygens (including phenoxy) is 1. The molecule has 0 radical (unpaired) electrons. The van der Waals surface area contributed by atoms with Gasteiger partial charge in [0.2, 0.25) is 21.8 Å². The van der Waals surface area contributed by atoms with Crippen LogP contribution in [0.2, 0.25) is 0 Å². The number of methoxy groups -OCH3 is 1. The highest BCUT2D eigenvalue weighted by atomic mass is 32.2. The number of aryl methyl sites for hydroxylation is 2. The van der Waals surface area contributed by atoms with Crippen molar-refractivity contribution in [1.29, 1.82) is 0 Å². The molecule has 0 heterocycles. The molecule has 0 saturated heterocycles. The number of rotatable bonds is 10. The van der Waals surface area contributed by atoms with Crippen molar-refractivity contribution in [2.24, 2.45) is 0 Å². The van der Waals surface area contributed by atoms with Crippen molar-refractivity contribution >= 4 is 27.5 Å². The first-order valence-electron chi connectivity index (χ1n) is 12.0. The summed E-state index contributed by atoms with van der Waals surface area (Å²) in [5.41, 5.74) is 2.48. The van der Waals surface area contributed by atoms with Crippen molar-refractivity contribution in [3.8, 4) is 5.75 Å². The molecule has 0 aliphatic carbocycles. The largest absolute Gasteiger partial charge is 0.495 e. The van der Waals surface area contributed by atoms with Crippen molar-refractivity contribution < 1.29 is 22.7 Å². The van der Waals surface area contributed by atoms with Gasteiger partial charge in [0, 0.05) is 12.1 Å². The standard InChI is InChI=1S/C27H39N3O5S/c1-9-22(26(32)28-27(4,5)6)29(17-21-12-10-11-19(2)15-21)25(31)18-30(36(8,33)34)23-16-20(3)13-14-24(23)35-7/h10-16,22H,9,17-18H2,1-8H3,(H,28,32). The van der Waals surface area contributed by atoms with Crippen LogP contribution >= 0.6 is 0 Å². The first-order valence-corrected chi connectivity index (χ1v) is 13.8. The zero-order valence-electron chi connectivity index (χ0n) is 22.6. The number of carbonyl (C=O) groups is 2. The van der Waals surface area contributed by atoms with Crippen molar-refractivity contribution in [2.45, 2.75) is 66.1 Å². The van der Waals surface area contributed by atoms with Gasteiger partial charge in [0.05, 0.1) is 19.1 Å². The summed E-state index contributed by atoms with van der Waals surface area (Å²) in [7, 11) is -2.40. The second-order valence-corrected chi connectivity index (χ2v) is 12.0. The molecule has 0 fully saturated rings. The van der Waals surface area contributed by atoms with Gasteiger partial charge < -0.3 is 15.0 Å². The fourth-order valence-corrected chi connectivity index (χ4v) is 4.81. The minimum absolute atomic E-state index is 0.166. The van der Waals surface area contributed by atoms with Crippen LogP contribution in [-0.2, 0) is 26.2 Å². The van der Waals surface area contributed by atoms with Crippen molar-refractivity contribution in [1.82, 2.24) is 10.2 Å². The average molecular weight is 518 g/mol. The molecule has 2 amide bonds. The van der Waals surface area contributed by atoms with Crippen LogP contribution in [-0.4, -0.2) is 56.6 Å². The molecule has 2 aromatic rings. The van der Waals surface area contributed by atoms with Crippen molar-refractivity contribution in [3.05, 3.63) is 59.2 Å². The highest BCUT2D eigenvalue weighted by molar-refractivity contribution is 7.92. The van der Waals surface area contributed by atoms with Crippen molar-refractivity contribution in [3.63, 3.8) is 0 Å². The summed E-state index contributed by atoms with van der Waals surface area (Å²) >= 11 is 0. The molecule has 0 aliphatic heterocycles. The van der Waals surface area contributed by atoms with E-state index < -0.39 is 34.1 Å². The normalized spacial score (nSPS) is 12.6. The van der Waals surface area contributed by atoms with Gasteiger partial charge in [-0.2, -0.15) is 0 Å². The molecule has 8 nitrogen and oxygen atoms in total.